The van der Waals surface area contributed by atoms with Gasteiger partial charge in [-0.1, -0.05) is 24.6 Å². The van der Waals surface area contributed by atoms with E-state index in [-0.39, 0.29) is 44.2 Å². The normalized spacial score (nSPS) is 14.4. The third-order valence-electron chi connectivity index (χ3n) is 6.00. The molecule has 0 saturated carbocycles. The highest BCUT2D eigenvalue weighted by Gasteiger charge is 2.42. The van der Waals surface area contributed by atoms with E-state index in [4.69, 9.17) is 23.5 Å². The van der Waals surface area contributed by atoms with Crippen molar-refractivity contribution >= 4 is 28.0 Å². The van der Waals surface area contributed by atoms with Crippen LogP contribution in [0.3, 0.4) is 0 Å². The third kappa shape index (κ3) is 9.18. The number of carbonyl (C=O) groups excluding carboxylic acids is 3. The minimum Gasteiger partial charge on any atom is -0.469 e. The van der Waals surface area contributed by atoms with Crippen LogP contribution in [0.15, 0.2) is 29.2 Å². The summed E-state index contributed by atoms with van der Waals surface area (Å²) >= 11 is 0. The maximum atomic E-state index is 12.9. The van der Waals surface area contributed by atoms with Gasteiger partial charge in [-0.15, -0.1) is 0 Å². The van der Waals surface area contributed by atoms with Gasteiger partial charge in [0.1, 0.15) is 19.8 Å². The van der Waals surface area contributed by atoms with Gasteiger partial charge in [-0.25, -0.2) is 0 Å². The van der Waals surface area contributed by atoms with Gasteiger partial charge in [-0.2, -0.15) is 8.42 Å². The number of methoxy groups -OCH3 is 1. The Hall–Kier alpha value is -2.50. The van der Waals surface area contributed by atoms with Crippen molar-refractivity contribution < 1.29 is 46.3 Å². The number of hydrogen-bond acceptors (Lipinski definition) is 10. The Labute approximate surface area is 213 Å². The SMILES string of the molecule is CCC(C)(CC(CC(C)(C)C(=O)OC)C(=O)OCCO)C(=O)OCCOS(=O)(=O)c1ccc(C)cc1. The number of aryl methyl sites for hydroxylation is 1. The van der Waals surface area contributed by atoms with Crippen LogP contribution in [0.25, 0.3) is 0 Å². The third-order valence-corrected chi connectivity index (χ3v) is 7.32. The molecule has 0 saturated heterocycles. The van der Waals surface area contributed by atoms with E-state index < -0.39 is 44.8 Å². The summed E-state index contributed by atoms with van der Waals surface area (Å²) in [5, 5.41) is 9.01. The van der Waals surface area contributed by atoms with E-state index in [1.54, 1.807) is 39.8 Å². The van der Waals surface area contributed by atoms with E-state index in [0.29, 0.717) is 6.42 Å². The van der Waals surface area contributed by atoms with Crippen molar-refractivity contribution in [3.05, 3.63) is 29.8 Å². The number of rotatable bonds is 15. The highest BCUT2D eigenvalue weighted by atomic mass is 32.2. The summed E-state index contributed by atoms with van der Waals surface area (Å²) < 4.78 is 44.8. The molecule has 0 aliphatic heterocycles. The fourth-order valence-corrected chi connectivity index (χ4v) is 4.51. The standard InChI is InChI=1S/C25H38O10S/c1-7-25(5,17-19(21(27)33-13-12-26)16-24(3,4)22(28)32-6)23(29)34-14-15-35-36(30,31)20-10-8-18(2)9-11-20/h8-11,19,26H,7,12-17H2,1-6H3. The first-order chi connectivity index (χ1) is 16.7. The predicted octanol–water partition coefficient (Wildman–Crippen LogP) is 2.79. The highest BCUT2D eigenvalue weighted by molar-refractivity contribution is 7.86. The number of esters is 3. The van der Waals surface area contributed by atoms with Gasteiger partial charge in [0.05, 0.1) is 35.4 Å². The first-order valence-electron chi connectivity index (χ1n) is 11.7. The zero-order valence-corrected chi connectivity index (χ0v) is 22.7. The molecule has 0 heterocycles. The van der Waals surface area contributed by atoms with Crippen LogP contribution >= 0.6 is 0 Å². The van der Waals surface area contributed by atoms with Gasteiger partial charge in [-0.3, -0.25) is 18.6 Å². The molecule has 0 aliphatic rings. The predicted molar refractivity (Wildman–Crippen MR) is 130 cm³/mol. The Morgan fingerprint density at radius 1 is 0.944 bits per heavy atom. The molecule has 0 amide bonds. The molecule has 1 aromatic rings. The molecule has 2 unspecified atom stereocenters. The minimum atomic E-state index is -4.00. The van der Waals surface area contributed by atoms with E-state index in [9.17, 15) is 22.8 Å². The first kappa shape index (κ1) is 31.5. The Bertz CT molecular complexity index is 985. The molecule has 2 atom stereocenters. The molecule has 10 nitrogen and oxygen atoms in total. The summed E-state index contributed by atoms with van der Waals surface area (Å²) in [6, 6.07) is 6.15. The Kier molecular flexibility index (Phi) is 12.0. The summed E-state index contributed by atoms with van der Waals surface area (Å²) in [6.45, 7) is 7.18. The lowest BCUT2D eigenvalue weighted by Gasteiger charge is -2.32. The molecular weight excluding hydrogens is 492 g/mol. The van der Waals surface area contributed by atoms with E-state index in [1.807, 2.05) is 6.92 Å². The lowest BCUT2D eigenvalue weighted by molar-refractivity contribution is -0.162. The largest absolute Gasteiger partial charge is 0.469 e. The second-order valence-corrected chi connectivity index (χ2v) is 11.1. The Balaban J connectivity index is 2.87. The number of benzene rings is 1. The summed E-state index contributed by atoms with van der Waals surface area (Å²) in [5.41, 5.74) is -1.27. The summed E-state index contributed by atoms with van der Waals surface area (Å²) in [5.74, 6) is -2.67. The van der Waals surface area contributed by atoms with Crippen LogP contribution in [0, 0.1) is 23.7 Å². The maximum absolute atomic E-state index is 12.9. The molecule has 0 fully saturated rings. The van der Waals surface area contributed by atoms with Crippen LogP contribution in [-0.4, -0.2) is 65.0 Å². The van der Waals surface area contributed by atoms with Crippen molar-refractivity contribution in [1.82, 2.24) is 0 Å². The number of hydrogen-bond donors (Lipinski definition) is 1. The molecule has 1 N–H and O–H groups in total. The van der Waals surface area contributed by atoms with Gasteiger partial charge >= 0.3 is 17.9 Å². The summed E-state index contributed by atoms with van der Waals surface area (Å²) in [7, 11) is -2.76. The van der Waals surface area contributed by atoms with Crippen molar-refractivity contribution in [2.24, 2.45) is 16.7 Å². The molecule has 11 heteroatoms. The van der Waals surface area contributed by atoms with E-state index >= 15 is 0 Å². The zero-order valence-electron chi connectivity index (χ0n) is 21.9. The van der Waals surface area contributed by atoms with Crippen LogP contribution in [0.1, 0.15) is 52.5 Å². The average molecular weight is 531 g/mol. The summed E-state index contributed by atoms with van der Waals surface area (Å²) in [6.07, 6.45) is 0.358. The lowest BCUT2D eigenvalue weighted by atomic mass is 9.73. The first-order valence-corrected chi connectivity index (χ1v) is 13.1. The van der Waals surface area contributed by atoms with Crippen LogP contribution in [0.2, 0.25) is 0 Å². The molecule has 0 spiro atoms. The number of aliphatic hydroxyl groups excluding tert-OH is 1. The van der Waals surface area contributed by atoms with Crippen molar-refractivity contribution in [1.29, 1.82) is 0 Å². The van der Waals surface area contributed by atoms with Crippen LogP contribution < -0.4 is 0 Å². The van der Waals surface area contributed by atoms with Crippen LogP contribution in [0.4, 0.5) is 0 Å². The maximum Gasteiger partial charge on any atom is 0.311 e. The van der Waals surface area contributed by atoms with Gasteiger partial charge in [0.15, 0.2) is 0 Å². The fraction of sp³-hybridized carbons (Fsp3) is 0.640. The second kappa shape index (κ2) is 13.7. The minimum absolute atomic E-state index is 0.00437. The molecule has 0 aromatic heterocycles. The van der Waals surface area contributed by atoms with E-state index in [2.05, 4.69) is 0 Å². The molecule has 0 bridgehead atoms. The fourth-order valence-electron chi connectivity index (χ4n) is 3.62. The summed E-state index contributed by atoms with van der Waals surface area (Å²) in [4.78, 5) is 37.8. The Morgan fingerprint density at radius 2 is 1.56 bits per heavy atom. The van der Waals surface area contributed by atoms with Gasteiger partial charge < -0.3 is 19.3 Å². The molecule has 0 radical (unpaired) electrons. The van der Waals surface area contributed by atoms with Gasteiger partial charge in [0.25, 0.3) is 10.1 Å². The topological polar surface area (TPSA) is 142 Å². The molecule has 1 rings (SSSR count). The van der Waals surface area contributed by atoms with Crippen LogP contribution in [-0.2, 0) is 42.9 Å². The van der Waals surface area contributed by atoms with Gasteiger partial charge in [0.2, 0.25) is 0 Å². The lowest BCUT2D eigenvalue weighted by Crippen LogP contribution is -2.38. The molecular formula is C25H38O10S. The smallest absolute Gasteiger partial charge is 0.311 e. The second-order valence-electron chi connectivity index (χ2n) is 9.51. The van der Waals surface area contributed by atoms with Crippen LogP contribution in [0.5, 0.6) is 0 Å². The van der Waals surface area contributed by atoms with Gasteiger partial charge in [-0.05, 0) is 59.1 Å². The molecule has 204 valence electrons. The molecule has 1 aromatic carbocycles. The molecule has 0 aliphatic carbocycles. The number of carbonyl (C=O) groups is 3. The van der Waals surface area contributed by atoms with Crippen molar-refractivity contribution in [3.8, 4) is 0 Å². The van der Waals surface area contributed by atoms with Crippen molar-refractivity contribution in [3.63, 3.8) is 0 Å². The monoisotopic (exact) mass is 530 g/mol. The van der Waals surface area contributed by atoms with E-state index in [0.717, 1.165) is 5.56 Å². The number of aliphatic hydroxyl groups is 1. The van der Waals surface area contributed by atoms with Gasteiger partial charge in [0, 0.05) is 0 Å². The van der Waals surface area contributed by atoms with E-state index in [1.165, 1.54) is 19.2 Å². The Morgan fingerprint density at radius 3 is 2.08 bits per heavy atom. The molecule has 36 heavy (non-hydrogen) atoms. The zero-order chi connectivity index (χ0) is 27.6. The van der Waals surface area contributed by atoms with Crippen molar-refractivity contribution in [2.45, 2.75) is 58.8 Å². The highest BCUT2D eigenvalue weighted by Crippen LogP contribution is 2.38. The average Bonchev–Trinajstić information content (AvgIpc) is 2.83. The quantitative estimate of drug-likeness (QED) is 0.156. The number of ether oxygens (including phenoxy) is 3. The van der Waals surface area contributed by atoms with Crippen molar-refractivity contribution in [2.75, 3.05) is 33.5 Å².